The second-order valence-corrected chi connectivity index (χ2v) is 6.66. The van der Waals surface area contributed by atoms with Gasteiger partial charge in [0, 0.05) is 0 Å². The maximum Gasteiger partial charge on any atom is 0.326 e. The fourth-order valence-electron chi connectivity index (χ4n) is 3.45. The molecule has 2 N–H and O–H groups in total. The molecule has 0 saturated carbocycles. The second kappa shape index (κ2) is 7.63. The Morgan fingerprint density at radius 2 is 1.55 bits per heavy atom. The molecule has 1 aliphatic rings. The number of carbonyl (C=O) groups excluding carboxylic acids is 3. The molecular weight excluding hydrogens is 370 g/mol. The fraction of sp³-hybridized carbons (Fsp3) is 0.136. The standard InChI is InChI=1S/C22H19N3O4/c26-19(23-14-18-12-7-13-29-18)15-25-20(27)22(24-21(25)28,16-8-3-1-4-9-16)17-10-5-2-6-11-17/h1-13H,14-15H2,(H,23,26)(H,24,28). The van der Waals surface area contributed by atoms with Crippen molar-refractivity contribution in [3.63, 3.8) is 0 Å². The summed E-state index contributed by atoms with van der Waals surface area (Å²) >= 11 is 0. The number of rotatable bonds is 6. The van der Waals surface area contributed by atoms with Crippen LogP contribution in [-0.4, -0.2) is 29.3 Å². The third-order valence-corrected chi connectivity index (χ3v) is 4.86. The quantitative estimate of drug-likeness (QED) is 0.634. The number of hydrogen-bond acceptors (Lipinski definition) is 4. The molecular formula is C22H19N3O4. The van der Waals surface area contributed by atoms with Crippen LogP contribution in [-0.2, 0) is 21.7 Å². The normalized spacial score (nSPS) is 15.2. The first-order valence-corrected chi connectivity index (χ1v) is 9.15. The summed E-state index contributed by atoms with van der Waals surface area (Å²) in [4.78, 5) is 39.4. The van der Waals surface area contributed by atoms with E-state index in [0.29, 0.717) is 16.9 Å². The summed E-state index contributed by atoms with van der Waals surface area (Å²) in [5, 5.41) is 5.47. The molecule has 0 aliphatic carbocycles. The van der Waals surface area contributed by atoms with Crippen molar-refractivity contribution >= 4 is 17.8 Å². The molecule has 3 aromatic rings. The fourth-order valence-corrected chi connectivity index (χ4v) is 3.45. The summed E-state index contributed by atoms with van der Waals surface area (Å²) in [6.45, 7) is -0.204. The van der Waals surface area contributed by atoms with Crippen LogP contribution in [0.2, 0.25) is 0 Å². The van der Waals surface area contributed by atoms with Crippen molar-refractivity contribution in [2.75, 3.05) is 6.54 Å². The summed E-state index contributed by atoms with van der Waals surface area (Å²) in [7, 11) is 0. The van der Waals surface area contributed by atoms with E-state index in [1.807, 2.05) is 12.1 Å². The molecule has 4 amide bonds. The Hall–Kier alpha value is -3.87. The van der Waals surface area contributed by atoms with Gasteiger partial charge in [0.2, 0.25) is 5.91 Å². The molecule has 29 heavy (non-hydrogen) atoms. The van der Waals surface area contributed by atoms with E-state index in [1.165, 1.54) is 6.26 Å². The Labute approximate surface area is 167 Å². The molecule has 7 heteroatoms. The van der Waals surface area contributed by atoms with Crippen LogP contribution in [0.15, 0.2) is 83.5 Å². The van der Waals surface area contributed by atoms with Gasteiger partial charge in [0.05, 0.1) is 12.8 Å². The van der Waals surface area contributed by atoms with Crippen molar-refractivity contribution in [3.05, 3.63) is 95.9 Å². The summed E-state index contributed by atoms with van der Waals surface area (Å²) in [6.07, 6.45) is 1.51. The van der Waals surface area contributed by atoms with Crippen LogP contribution in [0.5, 0.6) is 0 Å². The monoisotopic (exact) mass is 389 g/mol. The van der Waals surface area contributed by atoms with Crippen LogP contribution in [0.3, 0.4) is 0 Å². The van der Waals surface area contributed by atoms with E-state index in [0.717, 1.165) is 4.90 Å². The SMILES string of the molecule is O=C(CN1C(=O)NC(c2ccccc2)(c2ccccc2)C1=O)NCc1ccco1. The lowest BCUT2D eigenvalue weighted by atomic mass is 9.82. The Morgan fingerprint density at radius 1 is 0.931 bits per heavy atom. The van der Waals surface area contributed by atoms with Crippen LogP contribution in [0.1, 0.15) is 16.9 Å². The molecule has 1 aromatic heterocycles. The maximum absolute atomic E-state index is 13.5. The lowest BCUT2D eigenvalue weighted by molar-refractivity contribution is -0.134. The Morgan fingerprint density at radius 3 is 2.10 bits per heavy atom. The molecule has 2 heterocycles. The Bertz CT molecular complexity index is 977. The van der Waals surface area contributed by atoms with E-state index >= 15 is 0 Å². The molecule has 0 bridgehead atoms. The van der Waals surface area contributed by atoms with Crippen molar-refractivity contribution in [1.29, 1.82) is 0 Å². The third-order valence-electron chi connectivity index (χ3n) is 4.86. The van der Waals surface area contributed by atoms with Crippen molar-refractivity contribution in [1.82, 2.24) is 15.5 Å². The highest BCUT2D eigenvalue weighted by Gasteiger charge is 2.53. The van der Waals surface area contributed by atoms with Gasteiger partial charge in [0.1, 0.15) is 12.3 Å². The summed E-state index contributed by atoms with van der Waals surface area (Å²) in [5.41, 5.74) is -0.118. The van der Waals surface area contributed by atoms with E-state index in [-0.39, 0.29) is 13.1 Å². The van der Waals surface area contributed by atoms with E-state index in [2.05, 4.69) is 10.6 Å². The first kappa shape index (κ1) is 18.5. The smallest absolute Gasteiger partial charge is 0.326 e. The maximum atomic E-state index is 13.5. The van der Waals surface area contributed by atoms with Gasteiger partial charge in [-0.15, -0.1) is 0 Å². The molecule has 1 saturated heterocycles. The highest BCUT2D eigenvalue weighted by molar-refractivity contribution is 6.11. The molecule has 0 radical (unpaired) electrons. The number of benzene rings is 2. The van der Waals surface area contributed by atoms with Crippen molar-refractivity contribution < 1.29 is 18.8 Å². The first-order valence-electron chi connectivity index (χ1n) is 9.15. The number of imide groups is 1. The lowest BCUT2D eigenvalue weighted by Gasteiger charge is -2.27. The van der Waals surface area contributed by atoms with Crippen molar-refractivity contribution in [2.24, 2.45) is 0 Å². The number of nitrogens with zero attached hydrogens (tertiary/aromatic N) is 1. The molecule has 7 nitrogen and oxygen atoms in total. The van der Waals surface area contributed by atoms with Gasteiger partial charge in [-0.3, -0.25) is 14.5 Å². The lowest BCUT2D eigenvalue weighted by Crippen LogP contribution is -2.46. The summed E-state index contributed by atoms with van der Waals surface area (Å²) in [5.74, 6) is -0.367. The van der Waals surface area contributed by atoms with Gasteiger partial charge in [-0.05, 0) is 23.3 Å². The number of furan rings is 1. The van der Waals surface area contributed by atoms with Crippen LogP contribution in [0.4, 0.5) is 4.79 Å². The number of nitrogens with one attached hydrogen (secondary N) is 2. The summed E-state index contributed by atoms with van der Waals surface area (Å²) in [6, 6.07) is 20.8. The largest absolute Gasteiger partial charge is 0.467 e. The molecule has 0 spiro atoms. The Balaban J connectivity index is 1.61. The van der Waals surface area contributed by atoms with E-state index in [9.17, 15) is 14.4 Å². The predicted octanol–water partition coefficient (Wildman–Crippen LogP) is 2.39. The average Bonchev–Trinajstić information content (AvgIpc) is 3.36. The average molecular weight is 389 g/mol. The van der Waals surface area contributed by atoms with E-state index in [1.54, 1.807) is 60.7 Å². The molecule has 4 rings (SSSR count). The number of carbonyl (C=O) groups is 3. The molecule has 146 valence electrons. The molecule has 0 atom stereocenters. The van der Waals surface area contributed by atoms with Crippen LogP contribution < -0.4 is 10.6 Å². The Kier molecular flexibility index (Phi) is 4.87. The van der Waals surface area contributed by atoms with Crippen LogP contribution >= 0.6 is 0 Å². The van der Waals surface area contributed by atoms with Gasteiger partial charge in [0.15, 0.2) is 5.54 Å². The van der Waals surface area contributed by atoms with Gasteiger partial charge in [-0.2, -0.15) is 0 Å². The third kappa shape index (κ3) is 3.38. The molecule has 0 unspecified atom stereocenters. The zero-order chi connectivity index (χ0) is 20.3. The number of hydrogen-bond donors (Lipinski definition) is 2. The number of urea groups is 1. The minimum atomic E-state index is -1.37. The van der Waals surface area contributed by atoms with Gasteiger partial charge in [-0.25, -0.2) is 4.79 Å². The first-order chi connectivity index (χ1) is 14.1. The van der Waals surface area contributed by atoms with Gasteiger partial charge < -0.3 is 15.1 Å². The molecule has 1 aliphatic heterocycles. The zero-order valence-corrected chi connectivity index (χ0v) is 15.5. The molecule has 2 aromatic carbocycles. The predicted molar refractivity (Wildman–Crippen MR) is 104 cm³/mol. The van der Waals surface area contributed by atoms with Crippen LogP contribution in [0.25, 0.3) is 0 Å². The minimum absolute atomic E-state index is 0.179. The van der Waals surface area contributed by atoms with Crippen LogP contribution in [0, 0.1) is 0 Å². The highest BCUT2D eigenvalue weighted by Crippen LogP contribution is 2.35. The van der Waals surface area contributed by atoms with Gasteiger partial charge >= 0.3 is 6.03 Å². The topological polar surface area (TPSA) is 91.7 Å². The zero-order valence-electron chi connectivity index (χ0n) is 15.5. The minimum Gasteiger partial charge on any atom is -0.467 e. The second-order valence-electron chi connectivity index (χ2n) is 6.66. The molecule has 1 fully saturated rings. The highest BCUT2D eigenvalue weighted by atomic mass is 16.3. The number of amides is 4. The summed E-state index contributed by atoms with van der Waals surface area (Å²) < 4.78 is 5.17. The van der Waals surface area contributed by atoms with Crippen molar-refractivity contribution in [2.45, 2.75) is 12.1 Å². The van der Waals surface area contributed by atoms with Gasteiger partial charge in [-0.1, -0.05) is 60.7 Å². The van der Waals surface area contributed by atoms with Gasteiger partial charge in [0.25, 0.3) is 5.91 Å². The van der Waals surface area contributed by atoms with E-state index < -0.39 is 23.4 Å². The van der Waals surface area contributed by atoms with E-state index in [4.69, 9.17) is 4.42 Å². The van der Waals surface area contributed by atoms with Crippen molar-refractivity contribution in [3.8, 4) is 0 Å².